The van der Waals surface area contributed by atoms with Crippen LogP contribution in [0.2, 0.25) is 5.02 Å². The Bertz CT molecular complexity index is 1420. The van der Waals surface area contributed by atoms with Crippen molar-refractivity contribution in [2.45, 2.75) is 50.5 Å². The molecule has 1 heterocycles. The average Bonchev–Trinajstić information content (AvgIpc) is 3.15. The van der Waals surface area contributed by atoms with E-state index in [1.165, 1.54) is 30.3 Å². The summed E-state index contributed by atoms with van der Waals surface area (Å²) in [6, 6.07) is 9.68. The third-order valence-corrected chi connectivity index (χ3v) is 5.89. The first-order chi connectivity index (χ1) is 18.6. The molecule has 216 valence electrons. The zero-order valence-corrected chi connectivity index (χ0v) is 21.0. The van der Waals surface area contributed by atoms with Gasteiger partial charge in [0.2, 0.25) is 0 Å². The summed E-state index contributed by atoms with van der Waals surface area (Å²) in [6.07, 6.45) is -16.7. The minimum absolute atomic E-state index is 0.153. The van der Waals surface area contributed by atoms with Crippen molar-refractivity contribution in [3.63, 3.8) is 0 Å². The second-order valence-corrected chi connectivity index (χ2v) is 8.96. The molecule has 0 spiro atoms. The Balaban J connectivity index is 1.87. The van der Waals surface area contributed by atoms with E-state index in [0.29, 0.717) is 9.25 Å². The van der Waals surface area contributed by atoms with Crippen LogP contribution in [0.5, 0.6) is 0 Å². The molecule has 2 aromatic carbocycles. The molecular weight excluding hydrogens is 574 g/mol. The molecule has 9 nitrogen and oxygen atoms in total. The molecule has 1 aromatic heterocycles. The molecule has 0 saturated heterocycles. The normalized spacial score (nSPS) is 13.6. The highest BCUT2D eigenvalue weighted by Crippen LogP contribution is 2.37. The second kappa shape index (κ2) is 12.1. The molecule has 1 amide bonds. The molecule has 0 saturated carbocycles. The van der Waals surface area contributed by atoms with Crippen molar-refractivity contribution < 1.29 is 45.8 Å². The highest BCUT2D eigenvalue weighted by Gasteiger charge is 2.39. The van der Waals surface area contributed by atoms with Crippen LogP contribution in [0.1, 0.15) is 30.1 Å². The number of carbonyl (C=O) groups excluding carboxylic acids is 2. The van der Waals surface area contributed by atoms with Crippen molar-refractivity contribution in [3.05, 3.63) is 75.2 Å². The van der Waals surface area contributed by atoms with Crippen LogP contribution in [0, 0.1) is 0 Å². The molecule has 40 heavy (non-hydrogen) atoms. The number of ketones is 1. The Kier molecular flexibility index (Phi) is 9.30. The Morgan fingerprint density at radius 2 is 1.68 bits per heavy atom. The first-order valence-corrected chi connectivity index (χ1v) is 11.8. The molecule has 1 unspecified atom stereocenters. The first kappa shape index (κ1) is 30.7. The molecule has 0 bridgehead atoms. The van der Waals surface area contributed by atoms with Gasteiger partial charge in [-0.25, -0.2) is 14.3 Å². The monoisotopic (exact) mass is 594 g/mol. The molecular formula is C24H21ClF6N4O5. The van der Waals surface area contributed by atoms with E-state index in [2.05, 4.69) is 5.10 Å². The van der Waals surface area contributed by atoms with Crippen LogP contribution in [-0.2, 0) is 28.8 Å². The number of aromatic nitrogens is 3. The molecule has 2 atom stereocenters. The van der Waals surface area contributed by atoms with Crippen molar-refractivity contribution in [3.8, 4) is 11.4 Å². The smallest absolute Gasteiger partial charge is 0.416 e. The summed E-state index contributed by atoms with van der Waals surface area (Å²) in [6.45, 7) is -2.00. The van der Waals surface area contributed by atoms with Crippen LogP contribution in [0.25, 0.3) is 11.4 Å². The van der Waals surface area contributed by atoms with E-state index in [4.69, 9.17) is 22.1 Å². The van der Waals surface area contributed by atoms with Gasteiger partial charge in [-0.15, -0.1) is 5.10 Å². The van der Waals surface area contributed by atoms with Gasteiger partial charge in [-0.1, -0.05) is 29.8 Å². The maximum Gasteiger partial charge on any atom is 0.416 e. The van der Waals surface area contributed by atoms with Crippen molar-refractivity contribution in [2.24, 2.45) is 5.73 Å². The molecule has 0 radical (unpaired) electrons. The molecule has 3 aromatic rings. The number of primary amides is 1. The van der Waals surface area contributed by atoms with E-state index in [0.717, 1.165) is 18.2 Å². The highest BCUT2D eigenvalue weighted by atomic mass is 35.5. The minimum Gasteiger partial charge on any atom is -0.441 e. The van der Waals surface area contributed by atoms with Gasteiger partial charge in [0.05, 0.1) is 12.1 Å². The molecule has 3 N–H and O–H groups in total. The van der Waals surface area contributed by atoms with Gasteiger partial charge in [0.25, 0.3) is 0 Å². The third-order valence-electron chi connectivity index (χ3n) is 5.64. The number of halogens is 7. The summed E-state index contributed by atoms with van der Waals surface area (Å²) in [5, 5.41) is 13.7. The van der Waals surface area contributed by atoms with Gasteiger partial charge < -0.3 is 15.6 Å². The van der Waals surface area contributed by atoms with Gasteiger partial charge >= 0.3 is 24.1 Å². The molecule has 16 heteroatoms. The number of nitrogens with zero attached hydrogens (tertiary/aromatic N) is 3. The number of alkyl halides is 6. The Hall–Kier alpha value is -3.85. The van der Waals surface area contributed by atoms with Crippen LogP contribution in [0.15, 0.2) is 53.3 Å². The molecule has 3 rings (SSSR count). The number of aliphatic hydroxyl groups is 1. The molecule has 0 aliphatic rings. The molecule has 0 aliphatic heterocycles. The van der Waals surface area contributed by atoms with Crippen molar-refractivity contribution in [1.82, 2.24) is 14.3 Å². The maximum atomic E-state index is 13.5. The number of hydrogen-bond donors (Lipinski definition) is 2. The summed E-state index contributed by atoms with van der Waals surface area (Å²) in [7, 11) is 0. The predicted octanol–water partition coefficient (Wildman–Crippen LogP) is 4.49. The maximum absolute atomic E-state index is 13.5. The Morgan fingerprint density at radius 3 is 2.25 bits per heavy atom. The fourth-order valence-electron chi connectivity index (χ4n) is 3.79. The van der Waals surface area contributed by atoms with Gasteiger partial charge in [-0.2, -0.15) is 26.3 Å². The summed E-state index contributed by atoms with van der Waals surface area (Å²) >= 11 is 5.83. The lowest BCUT2D eigenvalue weighted by Gasteiger charge is -2.21. The number of amides is 1. The van der Waals surface area contributed by atoms with Crippen LogP contribution >= 0.6 is 11.6 Å². The lowest BCUT2D eigenvalue weighted by atomic mass is 9.97. The number of ether oxygens (including phenoxy) is 1. The lowest BCUT2D eigenvalue weighted by molar-refractivity contribution is -0.207. The molecule has 0 fully saturated rings. The fourth-order valence-corrected chi connectivity index (χ4v) is 3.92. The number of nitrogens with two attached hydrogens (primary N) is 1. The van der Waals surface area contributed by atoms with Gasteiger partial charge in [0, 0.05) is 22.6 Å². The number of aliphatic hydroxyl groups excluding tert-OH is 1. The van der Waals surface area contributed by atoms with E-state index in [1.54, 1.807) is 0 Å². The number of carbonyl (C=O) groups is 2. The topological polar surface area (TPSA) is 129 Å². The SMILES string of the molecule is NC(=O)OC(CCC(=O)Cn1nc(-c2ccc(Cl)cc2)n(C[C@H](O)C(F)(F)F)c1=O)c1ccccc1C(F)(F)F. The standard InChI is InChI=1S/C24H21ClF6N4O5/c25-14-7-5-13(6-8-14)20-33-35(22(39)34(20)12-19(37)24(29,30)31)11-15(36)9-10-18(40-21(32)38)16-3-1-2-4-17(16)23(26,27)28/h1-8,18-19,37H,9-12H2,(H2,32,38)/t18?,19-/m0/s1. The van der Waals surface area contributed by atoms with Gasteiger partial charge in [-0.3, -0.25) is 9.36 Å². The van der Waals surface area contributed by atoms with E-state index in [-0.39, 0.29) is 16.4 Å². The second-order valence-electron chi connectivity index (χ2n) is 8.53. The first-order valence-electron chi connectivity index (χ1n) is 11.4. The lowest BCUT2D eigenvalue weighted by Crippen LogP contribution is -2.37. The summed E-state index contributed by atoms with van der Waals surface area (Å²) < 4.78 is 85.3. The zero-order valence-electron chi connectivity index (χ0n) is 20.2. The summed E-state index contributed by atoms with van der Waals surface area (Å²) in [4.78, 5) is 36.9. The van der Waals surface area contributed by atoms with Gasteiger partial charge in [0.1, 0.15) is 12.6 Å². The van der Waals surface area contributed by atoms with Crippen LogP contribution in [0.3, 0.4) is 0 Å². The Labute approximate surface area is 226 Å². The number of hydrogen-bond acceptors (Lipinski definition) is 6. The number of rotatable bonds is 10. The highest BCUT2D eigenvalue weighted by molar-refractivity contribution is 6.30. The molecule has 0 aliphatic carbocycles. The predicted molar refractivity (Wildman–Crippen MR) is 128 cm³/mol. The number of Topliss-reactive ketones (excluding diaryl/α,β-unsaturated/α-hetero) is 1. The van der Waals surface area contributed by atoms with Crippen LogP contribution < -0.4 is 11.4 Å². The van der Waals surface area contributed by atoms with Gasteiger partial charge in [-0.05, 0) is 36.8 Å². The van der Waals surface area contributed by atoms with E-state index < -0.39 is 79.2 Å². The van der Waals surface area contributed by atoms with Crippen molar-refractivity contribution in [1.29, 1.82) is 0 Å². The summed E-state index contributed by atoms with van der Waals surface area (Å²) in [5.74, 6) is -1.07. The average molecular weight is 595 g/mol. The van der Waals surface area contributed by atoms with E-state index in [9.17, 15) is 45.8 Å². The quantitative estimate of drug-likeness (QED) is 0.333. The largest absolute Gasteiger partial charge is 0.441 e. The fraction of sp³-hybridized carbons (Fsp3) is 0.333. The zero-order chi connectivity index (χ0) is 29.8. The van der Waals surface area contributed by atoms with Crippen molar-refractivity contribution in [2.75, 3.05) is 0 Å². The van der Waals surface area contributed by atoms with E-state index >= 15 is 0 Å². The Morgan fingerprint density at radius 1 is 1.05 bits per heavy atom. The van der Waals surface area contributed by atoms with Crippen LogP contribution in [0.4, 0.5) is 31.1 Å². The van der Waals surface area contributed by atoms with Gasteiger partial charge in [0.15, 0.2) is 17.7 Å². The summed E-state index contributed by atoms with van der Waals surface area (Å²) in [5.41, 5.74) is 2.43. The number of benzene rings is 2. The van der Waals surface area contributed by atoms with E-state index in [1.807, 2.05) is 0 Å². The third kappa shape index (κ3) is 7.63. The van der Waals surface area contributed by atoms with Crippen LogP contribution in [-0.4, -0.2) is 43.6 Å². The van der Waals surface area contributed by atoms with Crippen molar-refractivity contribution >= 4 is 23.5 Å². The minimum atomic E-state index is -5.06.